The largest absolute Gasteiger partial charge is 0.400 e. The van der Waals surface area contributed by atoms with Gasteiger partial charge in [0.2, 0.25) is 0 Å². The predicted molar refractivity (Wildman–Crippen MR) is 113 cm³/mol. The third-order valence-electron chi connectivity index (χ3n) is 5.89. The van der Waals surface area contributed by atoms with Gasteiger partial charge in [-0.25, -0.2) is 0 Å². The first-order valence-electron chi connectivity index (χ1n) is 11.4. The second-order valence-corrected chi connectivity index (χ2v) is 10.0. The lowest BCUT2D eigenvalue weighted by atomic mass is 10.1. The molecule has 11 heteroatoms. The minimum absolute atomic E-state index is 0.00266. The van der Waals surface area contributed by atoms with Crippen molar-refractivity contribution in [1.29, 1.82) is 0 Å². The SMILES string of the molecule is CC1(C)OC2O[C@H](C(O)CO)C[C@H]2O1.CC1(C)OCC([C@@H]2C[C@H]3OC(C)(C)OC3O2)O1.CO. The van der Waals surface area contributed by atoms with E-state index in [-0.39, 0.29) is 43.4 Å². The van der Waals surface area contributed by atoms with E-state index >= 15 is 0 Å². The fraction of sp³-hybridized carbons (Fsp3) is 1.00. The number of aliphatic hydroxyl groups is 3. The van der Waals surface area contributed by atoms with Crippen molar-refractivity contribution in [1.82, 2.24) is 0 Å². The molecule has 0 aromatic rings. The maximum Gasteiger partial charge on any atom is 0.187 e. The number of aliphatic hydroxyl groups excluding tert-OH is 3. The van der Waals surface area contributed by atoms with Gasteiger partial charge in [0, 0.05) is 20.0 Å². The highest BCUT2D eigenvalue weighted by Gasteiger charge is 2.52. The van der Waals surface area contributed by atoms with E-state index in [9.17, 15) is 5.11 Å². The molecule has 11 nitrogen and oxygen atoms in total. The standard InChI is InChI=1S/C12H20O5.C9H16O5.CH4O/c1-11(2)13-6-9(16-11)7-5-8-10(14-7)17-12(3,4)15-8;1-9(2)13-7-3-6(5(11)4-10)12-8(7)14-9;1-2/h7-10H,5-6H2,1-4H3;5-8,10-11H,3-4H2,1-2H3;2H,1H3/t7-,8+,9?,10?;5?,6-,7+,8?;/m00./s1. The van der Waals surface area contributed by atoms with Gasteiger partial charge >= 0.3 is 0 Å². The zero-order valence-corrected chi connectivity index (χ0v) is 20.6. The molecular formula is C22H40O11. The summed E-state index contributed by atoms with van der Waals surface area (Å²) in [6.07, 6.45) is -0.665. The highest BCUT2D eigenvalue weighted by molar-refractivity contribution is 4.91. The van der Waals surface area contributed by atoms with Crippen molar-refractivity contribution in [2.45, 2.75) is 121 Å². The van der Waals surface area contributed by atoms with Crippen molar-refractivity contribution in [2.24, 2.45) is 0 Å². The topological polar surface area (TPSA) is 135 Å². The van der Waals surface area contributed by atoms with Gasteiger partial charge in [-0.2, -0.15) is 0 Å². The lowest BCUT2D eigenvalue weighted by molar-refractivity contribution is -0.220. The highest BCUT2D eigenvalue weighted by Crippen LogP contribution is 2.40. The molecule has 0 aromatic carbocycles. The van der Waals surface area contributed by atoms with Gasteiger partial charge in [0.25, 0.3) is 0 Å². The molecule has 5 saturated heterocycles. The molecule has 0 aromatic heterocycles. The lowest BCUT2D eigenvalue weighted by Gasteiger charge is -2.23. The molecule has 0 bridgehead atoms. The number of hydrogen-bond donors (Lipinski definition) is 3. The van der Waals surface area contributed by atoms with Gasteiger partial charge in [0.1, 0.15) is 24.4 Å². The van der Waals surface area contributed by atoms with Gasteiger partial charge in [0.05, 0.1) is 25.4 Å². The van der Waals surface area contributed by atoms with Crippen molar-refractivity contribution in [3.63, 3.8) is 0 Å². The predicted octanol–water partition coefficient (Wildman–Crippen LogP) is 0.619. The fourth-order valence-electron chi connectivity index (χ4n) is 4.57. The van der Waals surface area contributed by atoms with Crippen molar-refractivity contribution in [3.05, 3.63) is 0 Å². The van der Waals surface area contributed by atoms with Crippen LogP contribution in [0.15, 0.2) is 0 Å². The summed E-state index contributed by atoms with van der Waals surface area (Å²) in [6.45, 7) is 11.6. The van der Waals surface area contributed by atoms with E-state index in [0.29, 0.717) is 13.0 Å². The summed E-state index contributed by atoms with van der Waals surface area (Å²) in [7, 11) is 1.00. The maximum atomic E-state index is 9.36. The Morgan fingerprint density at radius 2 is 1.21 bits per heavy atom. The molecule has 5 rings (SSSR count). The smallest absolute Gasteiger partial charge is 0.187 e. The molecule has 3 N–H and O–H groups in total. The molecule has 194 valence electrons. The van der Waals surface area contributed by atoms with E-state index in [0.717, 1.165) is 13.5 Å². The summed E-state index contributed by atoms with van der Waals surface area (Å²) in [5.74, 6) is -1.65. The number of rotatable bonds is 3. The molecular weight excluding hydrogens is 440 g/mol. The maximum absolute atomic E-state index is 9.36. The van der Waals surface area contributed by atoms with E-state index in [2.05, 4.69) is 0 Å². The summed E-state index contributed by atoms with van der Waals surface area (Å²) < 4.78 is 45.1. The molecule has 4 unspecified atom stereocenters. The Hall–Kier alpha value is -0.440. The van der Waals surface area contributed by atoms with Crippen LogP contribution in [0.5, 0.6) is 0 Å². The highest BCUT2D eigenvalue weighted by atomic mass is 16.8. The second-order valence-electron chi connectivity index (χ2n) is 10.0. The first-order chi connectivity index (χ1) is 15.4. The van der Waals surface area contributed by atoms with Crippen molar-refractivity contribution in [2.75, 3.05) is 20.3 Å². The first-order valence-corrected chi connectivity index (χ1v) is 11.4. The van der Waals surface area contributed by atoms with Crippen LogP contribution >= 0.6 is 0 Å². The van der Waals surface area contributed by atoms with Gasteiger partial charge in [0.15, 0.2) is 29.9 Å². The van der Waals surface area contributed by atoms with E-state index in [4.69, 9.17) is 48.1 Å². The molecule has 0 saturated carbocycles. The Kier molecular flexibility index (Phi) is 8.45. The third kappa shape index (κ3) is 6.62. The Labute approximate surface area is 195 Å². The molecule has 5 heterocycles. The minimum Gasteiger partial charge on any atom is -0.400 e. The summed E-state index contributed by atoms with van der Waals surface area (Å²) in [5.41, 5.74) is 0. The molecule has 5 aliphatic rings. The van der Waals surface area contributed by atoms with Gasteiger partial charge < -0.3 is 53.2 Å². The second kappa shape index (κ2) is 10.3. The number of hydrogen-bond acceptors (Lipinski definition) is 11. The van der Waals surface area contributed by atoms with Crippen LogP contribution in [-0.2, 0) is 37.9 Å². The zero-order chi connectivity index (χ0) is 24.6. The molecule has 5 aliphatic heterocycles. The Balaban J connectivity index is 0.000000176. The molecule has 0 spiro atoms. The van der Waals surface area contributed by atoms with Gasteiger partial charge in [-0.15, -0.1) is 0 Å². The van der Waals surface area contributed by atoms with Crippen LogP contribution in [0.1, 0.15) is 54.4 Å². The van der Waals surface area contributed by atoms with Gasteiger partial charge in [-0.05, 0) is 41.5 Å². The molecule has 0 aliphatic carbocycles. The van der Waals surface area contributed by atoms with E-state index in [1.807, 2.05) is 41.5 Å². The fourth-order valence-corrected chi connectivity index (χ4v) is 4.57. The van der Waals surface area contributed by atoms with Crippen LogP contribution in [0.3, 0.4) is 0 Å². The van der Waals surface area contributed by atoms with Crippen molar-refractivity contribution in [3.8, 4) is 0 Å². The average molecular weight is 481 g/mol. The molecule has 0 amide bonds. The molecule has 5 fully saturated rings. The van der Waals surface area contributed by atoms with E-state index in [1.165, 1.54) is 0 Å². The molecule has 33 heavy (non-hydrogen) atoms. The van der Waals surface area contributed by atoms with Crippen LogP contribution in [-0.4, -0.2) is 102 Å². The number of ether oxygens (including phenoxy) is 8. The Morgan fingerprint density at radius 3 is 1.67 bits per heavy atom. The Bertz CT molecular complexity index is 608. The van der Waals surface area contributed by atoms with Crippen LogP contribution < -0.4 is 0 Å². The van der Waals surface area contributed by atoms with Crippen molar-refractivity contribution < 1.29 is 53.2 Å². The summed E-state index contributed by atoms with van der Waals surface area (Å²) in [4.78, 5) is 0. The summed E-state index contributed by atoms with van der Waals surface area (Å²) in [5, 5.41) is 25.1. The monoisotopic (exact) mass is 480 g/mol. The lowest BCUT2D eigenvalue weighted by Crippen LogP contribution is -2.33. The van der Waals surface area contributed by atoms with Gasteiger partial charge in [-0.1, -0.05) is 0 Å². The van der Waals surface area contributed by atoms with Crippen LogP contribution in [0.4, 0.5) is 0 Å². The normalized spacial score (nSPS) is 42.5. The van der Waals surface area contributed by atoms with Crippen LogP contribution in [0.25, 0.3) is 0 Å². The quantitative estimate of drug-likeness (QED) is 0.525. The van der Waals surface area contributed by atoms with Gasteiger partial charge in [-0.3, -0.25) is 0 Å². The zero-order valence-electron chi connectivity index (χ0n) is 20.6. The third-order valence-corrected chi connectivity index (χ3v) is 5.89. The molecule has 0 radical (unpaired) electrons. The van der Waals surface area contributed by atoms with E-state index < -0.39 is 29.8 Å². The Morgan fingerprint density at radius 1 is 0.697 bits per heavy atom. The van der Waals surface area contributed by atoms with Crippen LogP contribution in [0, 0.1) is 0 Å². The molecule has 8 atom stereocenters. The van der Waals surface area contributed by atoms with Crippen molar-refractivity contribution >= 4 is 0 Å². The first kappa shape index (κ1) is 27.2. The van der Waals surface area contributed by atoms with E-state index in [1.54, 1.807) is 0 Å². The summed E-state index contributed by atoms with van der Waals surface area (Å²) >= 11 is 0. The average Bonchev–Trinajstić information content (AvgIpc) is 3.48. The minimum atomic E-state index is -0.851. The number of fused-ring (bicyclic) bond motifs is 2. The van der Waals surface area contributed by atoms with Crippen LogP contribution in [0.2, 0.25) is 0 Å². The summed E-state index contributed by atoms with van der Waals surface area (Å²) in [6, 6.07) is 0.